The van der Waals surface area contributed by atoms with Gasteiger partial charge in [-0.1, -0.05) is 35.7 Å². The molecule has 0 radical (unpaired) electrons. The lowest BCUT2D eigenvalue weighted by Crippen LogP contribution is -1.41. The van der Waals surface area contributed by atoms with E-state index in [0.717, 1.165) is 0 Å². The molecule has 0 N–H and O–H groups in total. The fraction of sp³-hybridized carbons (Fsp3) is 0. The van der Waals surface area contributed by atoms with E-state index < -0.39 is 5.59 Å². The van der Waals surface area contributed by atoms with Crippen molar-refractivity contribution in [3.63, 3.8) is 0 Å². The van der Waals surface area contributed by atoms with Crippen LogP contribution < -0.4 is 0 Å². The molecule has 0 aromatic rings. The average Bonchev–Trinajstić information content (AvgIpc) is 1.59. The van der Waals surface area contributed by atoms with Gasteiger partial charge in [-0.3, -0.25) is 0 Å². The Labute approximate surface area is 85.9 Å². The van der Waals surface area contributed by atoms with Crippen molar-refractivity contribution in [1.29, 1.82) is 0 Å². The highest BCUT2D eigenvalue weighted by Gasteiger charge is 2.25. The van der Waals surface area contributed by atoms with Gasteiger partial charge in [0, 0.05) is 14.0 Å². The largest absolute Gasteiger partial charge is 0.475 e. The summed E-state index contributed by atoms with van der Waals surface area (Å²) in [6.07, 6.45) is 0. The van der Waals surface area contributed by atoms with E-state index in [1.165, 1.54) is 0 Å². The predicted octanol–water partition coefficient (Wildman–Crippen LogP) is 4.74. The quantitative estimate of drug-likeness (QED) is 0.544. The maximum atomic E-state index is 5.14. The molecule has 0 spiro atoms. The van der Waals surface area contributed by atoms with Gasteiger partial charge in [-0.2, -0.15) is 0 Å². The Kier molecular flexibility index (Phi) is 10.0. The van der Waals surface area contributed by atoms with Crippen molar-refractivity contribution in [1.82, 2.24) is 0 Å². The summed E-state index contributed by atoms with van der Waals surface area (Å²) < 4.78 is 0. The fourth-order valence-electron chi connectivity index (χ4n) is 0.288. The first-order chi connectivity index (χ1) is 4.46. The fourth-order valence-corrected chi connectivity index (χ4v) is 70.0. The van der Waals surface area contributed by atoms with Crippen LogP contribution in [-0.4, -0.2) is 0 Å². The minimum atomic E-state index is -0.537. The second-order valence-corrected chi connectivity index (χ2v) is 34.2. The van der Waals surface area contributed by atoms with E-state index in [9.17, 15) is 0 Å². The van der Waals surface area contributed by atoms with E-state index in [4.69, 9.17) is 24.1 Å². The summed E-state index contributed by atoms with van der Waals surface area (Å²) in [7, 11) is 11.4. The van der Waals surface area contributed by atoms with Crippen molar-refractivity contribution >= 4 is 86.3 Å². The Morgan fingerprint density at radius 1 is 1.10 bits per heavy atom. The number of rotatable bonds is 3. The third-order valence-corrected chi connectivity index (χ3v) is 45.3. The Bertz CT molecular complexity index is 108. The second-order valence-electron chi connectivity index (χ2n) is 1.27. The predicted molar refractivity (Wildman–Crippen MR) is 81.2 cm³/mol. The molecule has 5 atom stereocenters. The van der Waals surface area contributed by atoms with Gasteiger partial charge in [-0.15, -0.1) is 0 Å². The summed E-state index contributed by atoms with van der Waals surface area (Å²) in [5.41, 5.74) is -0.537. The van der Waals surface area contributed by atoms with Crippen molar-refractivity contribution in [3.8, 4) is 0 Å². The van der Waals surface area contributed by atoms with E-state index in [-0.39, 0.29) is 21.0 Å². The molecule has 10 heteroatoms. The molecule has 0 amide bonds. The van der Waals surface area contributed by atoms with Crippen molar-refractivity contribution in [2.45, 2.75) is 0 Å². The molecule has 0 heterocycles. The SMILES string of the molecule is PP(P)P(P(P)P)[P+](=S)[S-]. The molecule has 0 bridgehead atoms. The van der Waals surface area contributed by atoms with Crippen LogP contribution in [0.2, 0.25) is 0 Å². The molecule has 0 fully saturated rings. The standard InChI is InChI=1S/H8P8S2/c1-5(2)7(6(3)4)8(9)10/h1-4H2. The van der Waals surface area contributed by atoms with Crippen molar-refractivity contribution in [2.75, 3.05) is 0 Å². The molecule has 0 saturated heterocycles. The van der Waals surface area contributed by atoms with Gasteiger partial charge in [-0.05, 0) is 0 Å². The van der Waals surface area contributed by atoms with E-state index in [2.05, 4.69) is 35.7 Å². The summed E-state index contributed by atoms with van der Waals surface area (Å²) >= 11 is 10.3. The summed E-state index contributed by atoms with van der Waals surface area (Å²) in [6, 6.07) is 0. The van der Waals surface area contributed by atoms with Crippen LogP contribution in [0, 0.1) is 0 Å². The number of hydrogen-bond donors (Lipinski definition) is 0. The lowest BCUT2D eigenvalue weighted by molar-refractivity contribution is 4.73. The molecule has 0 aliphatic carbocycles. The molecule has 0 nitrogen and oxygen atoms in total. The molecular weight excluding hydrogens is 312 g/mol. The second kappa shape index (κ2) is 7.21. The first kappa shape index (κ1) is 13.9. The van der Waals surface area contributed by atoms with Crippen molar-refractivity contribution in [2.24, 2.45) is 0 Å². The molecule has 0 aromatic carbocycles. The molecule has 0 saturated carbocycles. The van der Waals surface area contributed by atoms with Crippen LogP contribution in [0.4, 0.5) is 0 Å². The Morgan fingerprint density at radius 2 is 1.40 bits per heavy atom. The monoisotopic (exact) mass is 320 g/mol. The highest BCUT2D eigenvalue weighted by Crippen LogP contribution is 3.04. The summed E-state index contributed by atoms with van der Waals surface area (Å²) in [5, 5.41) is 0. The van der Waals surface area contributed by atoms with Crippen LogP contribution in [0.15, 0.2) is 0 Å². The topological polar surface area (TPSA) is 0 Å². The van der Waals surface area contributed by atoms with Crippen LogP contribution >= 0.6 is 62.3 Å². The van der Waals surface area contributed by atoms with Gasteiger partial charge in [-0.25, -0.2) is 0 Å². The van der Waals surface area contributed by atoms with E-state index in [1.807, 2.05) is 0 Å². The van der Waals surface area contributed by atoms with E-state index in [1.54, 1.807) is 0 Å². The molecule has 5 unspecified atom stereocenters. The lowest BCUT2D eigenvalue weighted by atomic mass is 28.8. The molecule has 60 valence electrons. The molecule has 0 aromatic heterocycles. The first-order valence-electron chi connectivity index (χ1n) is 2.00. The summed E-state index contributed by atoms with van der Waals surface area (Å²) in [5.74, 6) is 0. The normalized spacial score (nSPS) is 13.4. The highest BCUT2D eigenvalue weighted by molar-refractivity contribution is 9.15. The van der Waals surface area contributed by atoms with Crippen molar-refractivity contribution < 1.29 is 0 Å². The molecular formula is H8P8S2. The number of hydrogen-bond acceptors (Lipinski definition) is 2. The minimum absolute atomic E-state index is 0.0370. The van der Waals surface area contributed by atoms with Gasteiger partial charge in [0.2, 0.25) is 0 Å². The van der Waals surface area contributed by atoms with Crippen molar-refractivity contribution in [3.05, 3.63) is 0 Å². The molecule has 0 aliphatic heterocycles. The zero-order chi connectivity index (χ0) is 8.31. The summed E-state index contributed by atoms with van der Waals surface area (Å²) in [4.78, 5) is 0. The van der Waals surface area contributed by atoms with Crippen LogP contribution in [-0.2, 0) is 24.1 Å². The maximum Gasteiger partial charge on any atom is 0.164 e. The Hall–Kier alpha value is 3.88. The van der Waals surface area contributed by atoms with Crippen LogP contribution in [0.1, 0.15) is 0 Å². The van der Waals surface area contributed by atoms with Gasteiger partial charge in [0.25, 0.3) is 0 Å². The van der Waals surface area contributed by atoms with Crippen LogP contribution in [0.5, 0.6) is 0 Å². The first-order valence-corrected chi connectivity index (χ1v) is 18.0. The third kappa shape index (κ3) is 5.58. The molecule has 0 rings (SSSR count). The maximum absolute atomic E-state index is 5.14. The van der Waals surface area contributed by atoms with Crippen LogP contribution in [0.3, 0.4) is 0 Å². The smallest absolute Gasteiger partial charge is 0.164 e. The van der Waals surface area contributed by atoms with Crippen LogP contribution in [0.25, 0.3) is 0 Å². The Balaban J connectivity index is 4.12. The van der Waals surface area contributed by atoms with Gasteiger partial charge < -0.3 is 12.2 Å². The zero-order valence-electron chi connectivity index (χ0n) is 4.91. The van der Waals surface area contributed by atoms with E-state index >= 15 is 0 Å². The van der Waals surface area contributed by atoms with Gasteiger partial charge >= 0.3 is 0 Å². The van der Waals surface area contributed by atoms with Gasteiger partial charge in [0.15, 0.2) is 6.99 Å². The molecule has 0 aliphatic rings. The van der Waals surface area contributed by atoms with Gasteiger partial charge in [0.05, 0.1) is 5.59 Å². The highest BCUT2D eigenvalue weighted by atomic mass is 33.3. The Morgan fingerprint density at radius 3 is 1.40 bits per heavy atom. The lowest BCUT2D eigenvalue weighted by Gasteiger charge is -2.17. The summed E-state index contributed by atoms with van der Waals surface area (Å²) in [6.45, 7) is -0.136. The van der Waals surface area contributed by atoms with E-state index in [0.29, 0.717) is 0 Å². The molecule has 10 heavy (non-hydrogen) atoms. The zero-order valence-corrected chi connectivity index (χ0v) is 14.7. The minimum Gasteiger partial charge on any atom is -0.475 e. The average molecular weight is 320 g/mol. The third-order valence-electron chi connectivity index (χ3n) is 0.559. The van der Waals surface area contributed by atoms with Gasteiger partial charge in [0.1, 0.15) is 11.8 Å².